The van der Waals surface area contributed by atoms with Gasteiger partial charge in [-0.3, -0.25) is 4.79 Å². The molecule has 0 amide bonds. The molecule has 0 aromatic heterocycles. The van der Waals surface area contributed by atoms with Crippen LogP contribution in [0.1, 0.15) is 27.4 Å². The maximum Gasteiger partial charge on any atom is 0.171 e. The molecule has 3 N–H and O–H groups in total. The van der Waals surface area contributed by atoms with Crippen LogP contribution in [0.3, 0.4) is 0 Å². The summed E-state index contributed by atoms with van der Waals surface area (Å²) >= 11 is 0. The van der Waals surface area contributed by atoms with Crippen LogP contribution in [0.4, 0.5) is 0 Å². The molecular formula is C15H12O4. The fourth-order valence-corrected chi connectivity index (χ4v) is 2.54. The van der Waals surface area contributed by atoms with Gasteiger partial charge < -0.3 is 15.3 Å². The smallest absolute Gasteiger partial charge is 0.171 e. The summed E-state index contributed by atoms with van der Waals surface area (Å²) < 4.78 is 0. The highest BCUT2D eigenvalue weighted by molar-refractivity contribution is 6.06. The van der Waals surface area contributed by atoms with Gasteiger partial charge in [0.2, 0.25) is 0 Å². The van der Waals surface area contributed by atoms with Crippen molar-refractivity contribution in [3.05, 3.63) is 53.1 Å². The second-order valence-corrected chi connectivity index (χ2v) is 4.70. The Morgan fingerprint density at radius 3 is 2.32 bits per heavy atom. The number of phenols is 3. The third-order valence-corrected chi connectivity index (χ3v) is 3.50. The number of aromatic hydroxyl groups is 3. The lowest BCUT2D eigenvalue weighted by molar-refractivity contribution is 0.0972. The summed E-state index contributed by atoms with van der Waals surface area (Å²) in [6.45, 7) is 0. The van der Waals surface area contributed by atoms with E-state index >= 15 is 0 Å². The topological polar surface area (TPSA) is 77.8 Å². The normalized spacial score (nSPS) is 17.5. The summed E-state index contributed by atoms with van der Waals surface area (Å²) in [4.78, 5) is 12.3. The number of carbonyl (C=O) groups is 1. The molecule has 0 bridgehead atoms. The average Bonchev–Trinajstić information content (AvgIpc) is 2.69. The Bertz CT molecular complexity index is 659. The molecule has 1 aliphatic carbocycles. The van der Waals surface area contributed by atoms with E-state index in [-0.39, 0.29) is 28.9 Å². The van der Waals surface area contributed by atoms with E-state index in [1.54, 1.807) is 12.1 Å². The highest BCUT2D eigenvalue weighted by atomic mass is 16.3. The minimum Gasteiger partial charge on any atom is -0.508 e. The van der Waals surface area contributed by atoms with E-state index in [0.29, 0.717) is 17.5 Å². The lowest BCUT2D eigenvalue weighted by Crippen LogP contribution is -2.06. The minimum absolute atomic E-state index is 0.0513. The second-order valence-electron chi connectivity index (χ2n) is 4.70. The zero-order chi connectivity index (χ0) is 13.6. The van der Waals surface area contributed by atoms with Gasteiger partial charge in [0.15, 0.2) is 5.78 Å². The molecule has 2 aromatic carbocycles. The summed E-state index contributed by atoms with van der Waals surface area (Å²) in [5, 5.41) is 28.5. The van der Waals surface area contributed by atoms with E-state index in [1.165, 1.54) is 24.3 Å². The SMILES string of the molecule is O=C1c2cc(O)cc(O)c2C[C@@H]1c1ccc(O)cc1. The van der Waals surface area contributed by atoms with E-state index in [4.69, 9.17) is 0 Å². The highest BCUT2D eigenvalue weighted by Gasteiger charge is 2.34. The third kappa shape index (κ3) is 1.81. The number of rotatable bonds is 1. The Balaban J connectivity index is 2.04. The molecule has 0 unspecified atom stereocenters. The lowest BCUT2D eigenvalue weighted by atomic mass is 9.95. The predicted molar refractivity (Wildman–Crippen MR) is 68.7 cm³/mol. The molecule has 2 aromatic rings. The number of hydrogen-bond donors (Lipinski definition) is 3. The molecule has 1 aliphatic rings. The van der Waals surface area contributed by atoms with Gasteiger partial charge in [-0.1, -0.05) is 12.1 Å². The quantitative estimate of drug-likeness (QED) is 0.731. The van der Waals surface area contributed by atoms with Gasteiger partial charge in [0, 0.05) is 17.2 Å². The van der Waals surface area contributed by atoms with Gasteiger partial charge in [-0.25, -0.2) is 0 Å². The molecule has 0 heterocycles. The van der Waals surface area contributed by atoms with Crippen molar-refractivity contribution in [2.75, 3.05) is 0 Å². The molecule has 0 fully saturated rings. The second kappa shape index (κ2) is 4.02. The Labute approximate surface area is 109 Å². The van der Waals surface area contributed by atoms with Gasteiger partial charge in [0.1, 0.15) is 17.2 Å². The molecule has 0 saturated heterocycles. The Kier molecular flexibility index (Phi) is 2.45. The number of ketones is 1. The number of phenolic OH excluding ortho intramolecular Hbond substituents is 3. The van der Waals surface area contributed by atoms with Crippen molar-refractivity contribution in [1.82, 2.24) is 0 Å². The molecule has 96 valence electrons. The molecule has 4 nitrogen and oxygen atoms in total. The van der Waals surface area contributed by atoms with Crippen molar-refractivity contribution in [2.24, 2.45) is 0 Å². The first-order chi connectivity index (χ1) is 9.06. The lowest BCUT2D eigenvalue weighted by Gasteiger charge is -2.07. The summed E-state index contributed by atoms with van der Waals surface area (Å²) in [6, 6.07) is 9.08. The fraction of sp³-hybridized carbons (Fsp3) is 0.133. The molecule has 1 atom stereocenters. The predicted octanol–water partition coefficient (Wildman–Crippen LogP) is 2.33. The van der Waals surface area contributed by atoms with Crippen LogP contribution >= 0.6 is 0 Å². The first kappa shape index (κ1) is 11.6. The van der Waals surface area contributed by atoms with Crippen LogP contribution in [0, 0.1) is 0 Å². The Hall–Kier alpha value is -2.49. The molecule has 0 radical (unpaired) electrons. The van der Waals surface area contributed by atoms with Crippen LogP contribution in [-0.2, 0) is 6.42 Å². The van der Waals surface area contributed by atoms with Crippen molar-refractivity contribution in [3.63, 3.8) is 0 Å². The molecule has 4 heteroatoms. The van der Waals surface area contributed by atoms with Crippen LogP contribution in [0.2, 0.25) is 0 Å². The van der Waals surface area contributed by atoms with Crippen LogP contribution in [0.15, 0.2) is 36.4 Å². The standard InChI is InChI=1S/C15H12O4/c16-9-3-1-8(2-4-9)11-7-12-13(15(11)19)5-10(17)6-14(12)18/h1-6,11,16-18H,7H2/t11-/m1/s1. The number of benzene rings is 2. The van der Waals surface area contributed by atoms with Gasteiger partial charge in [-0.05, 0) is 30.2 Å². The van der Waals surface area contributed by atoms with Crippen molar-refractivity contribution in [3.8, 4) is 17.2 Å². The molecule has 0 spiro atoms. The number of fused-ring (bicyclic) bond motifs is 1. The summed E-state index contributed by atoms with van der Waals surface area (Å²) in [6.07, 6.45) is 0.408. The number of carbonyl (C=O) groups excluding carboxylic acids is 1. The molecule has 0 aliphatic heterocycles. The van der Waals surface area contributed by atoms with E-state index in [9.17, 15) is 20.1 Å². The minimum atomic E-state index is -0.372. The highest BCUT2D eigenvalue weighted by Crippen LogP contribution is 2.40. The van der Waals surface area contributed by atoms with E-state index in [0.717, 1.165) is 5.56 Å². The van der Waals surface area contributed by atoms with Gasteiger partial charge in [0.25, 0.3) is 0 Å². The van der Waals surface area contributed by atoms with Crippen molar-refractivity contribution in [2.45, 2.75) is 12.3 Å². The summed E-state index contributed by atoms with van der Waals surface area (Å²) in [5.74, 6) is -0.511. The monoisotopic (exact) mass is 256 g/mol. The Morgan fingerprint density at radius 2 is 1.63 bits per heavy atom. The number of hydrogen-bond acceptors (Lipinski definition) is 4. The molecular weight excluding hydrogens is 244 g/mol. The summed E-state index contributed by atoms with van der Waals surface area (Å²) in [7, 11) is 0. The van der Waals surface area contributed by atoms with Crippen molar-refractivity contribution in [1.29, 1.82) is 0 Å². The third-order valence-electron chi connectivity index (χ3n) is 3.50. The zero-order valence-corrected chi connectivity index (χ0v) is 10.00. The largest absolute Gasteiger partial charge is 0.508 e. The number of Topliss-reactive ketones (excluding diaryl/α,β-unsaturated/α-hetero) is 1. The maximum atomic E-state index is 12.3. The van der Waals surface area contributed by atoms with Crippen molar-refractivity contribution >= 4 is 5.78 Å². The van der Waals surface area contributed by atoms with Gasteiger partial charge in [0.05, 0.1) is 5.92 Å². The van der Waals surface area contributed by atoms with E-state index in [2.05, 4.69) is 0 Å². The van der Waals surface area contributed by atoms with Crippen LogP contribution in [0.5, 0.6) is 17.2 Å². The average molecular weight is 256 g/mol. The first-order valence-electron chi connectivity index (χ1n) is 5.94. The van der Waals surface area contributed by atoms with Crippen LogP contribution in [0.25, 0.3) is 0 Å². The van der Waals surface area contributed by atoms with E-state index in [1.807, 2.05) is 0 Å². The van der Waals surface area contributed by atoms with Gasteiger partial charge in [-0.15, -0.1) is 0 Å². The Morgan fingerprint density at radius 1 is 0.947 bits per heavy atom. The molecule has 19 heavy (non-hydrogen) atoms. The first-order valence-corrected chi connectivity index (χ1v) is 5.94. The maximum absolute atomic E-state index is 12.3. The zero-order valence-electron chi connectivity index (χ0n) is 10.00. The molecule has 0 saturated carbocycles. The van der Waals surface area contributed by atoms with Crippen molar-refractivity contribution < 1.29 is 20.1 Å². The molecule has 3 rings (SSSR count). The van der Waals surface area contributed by atoms with E-state index < -0.39 is 0 Å². The van der Waals surface area contributed by atoms with Crippen LogP contribution < -0.4 is 0 Å². The van der Waals surface area contributed by atoms with Crippen LogP contribution in [-0.4, -0.2) is 21.1 Å². The fourth-order valence-electron chi connectivity index (χ4n) is 2.54. The summed E-state index contributed by atoms with van der Waals surface area (Å²) in [5.41, 5.74) is 1.73. The van der Waals surface area contributed by atoms with Gasteiger partial charge >= 0.3 is 0 Å². The van der Waals surface area contributed by atoms with Gasteiger partial charge in [-0.2, -0.15) is 0 Å².